The van der Waals surface area contributed by atoms with Gasteiger partial charge in [0.25, 0.3) is 0 Å². The van der Waals surface area contributed by atoms with Gasteiger partial charge in [-0.15, -0.1) is 10.2 Å². The molecule has 0 aliphatic rings. The van der Waals surface area contributed by atoms with Crippen LogP contribution in [0.5, 0.6) is 5.75 Å². The summed E-state index contributed by atoms with van der Waals surface area (Å²) in [6.45, 7) is 3.54. The van der Waals surface area contributed by atoms with Crippen molar-refractivity contribution in [2.24, 2.45) is 43.3 Å². The summed E-state index contributed by atoms with van der Waals surface area (Å²) in [5.74, 6) is 0.395. The summed E-state index contributed by atoms with van der Waals surface area (Å²) >= 11 is 0. The first-order valence-electron chi connectivity index (χ1n) is 6.29. The molecule has 0 heterocycles. The molecule has 9 heteroatoms. The second kappa shape index (κ2) is 7.62. The topological polar surface area (TPSA) is 163 Å². The molecule has 0 aliphatic heterocycles. The molecule has 0 bridgehead atoms. The van der Waals surface area contributed by atoms with Crippen LogP contribution in [0.2, 0.25) is 0 Å². The molecule has 0 atom stereocenters. The number of hydrogen-bond donors (Lipinski definition) is 4. The second-order valence-electron chi connectivity index (χ2n) is 4.37. The number of ether oxygens (including phenoxy) is 1. The number of guanidine groups is 2. The molecular formula is C13H20N8O. The zero-order valence-corrected chi connectivity index (χ0v) is 12.7. The minimum absolute atomic E-state index is 0.118. The van der Waals surface area contributed by atoms with Crippen LogP contribution in [0.25, 0.3) is 0 Å². The molecule has 0 fully saturated rings. The standard InChI is InChI=1S/C13H20N8O/c1-7(18-20-12(14)15)9-4-10(6-11(5-9)22-3)8(2)19-21-13(16)17/h4-6H,1-3H3,(H4,14,15,20)(H4,16,17,21)/b18-7+,19-8+. The lowest BCUT2D eigenvalue weighted by Crippen LogP contribution is -2.22. The maximum Gasteiger partial charge on any atom is 0.211 e. The Morgan fingerprint density at radius 3 is 1.50 bits per heavy atom. The molecule has 0 saturated carbocycles. The average molecular weight is 304 g/mol. The van der Waals surface area contributed by atoms with Gasteiger partial charge in [-0.25, -0.2) is 0 Å². The van der Waals surface area contributed by atoms with Crippen LogP contribution < -0.4 is 27.7 Å². The van der Waals surface area contributed by atoms with Crippen LogP contribution in [0.3, 0.4) is 0 Å². The lowest BCUT2D eigenvalue weighted by molar-refractivity contribution is 0.414. The SMILES string of the molecule is COc1cc(/C(C)=N/N=C(N)N)cc(/C(C)=N/N=C(N)N)c1. The molecule has 0 radical (unpaired) electrons. The molecule has 1 aromatic rings. The van der Waals surface area contributed by atoms with Crippen molar-refractivity contribution in [3.63, 3.8) is 0 Å². The van der Waals surface area contributed by atoms with Crippen molar-refractivity contribution in [3.8, 4) is 5.75 Å². The molecule has 118 valence electrons. The van der Waals surface area contributed by atoms with Gasteiger partial charge >= 0.3 is 0 Å². The highest BCUT2D eigenvalue weighted by atomic mass is 16.5. The summed E-state index contributed by atoms with van der Waals surface area (Å²) in [5.41, 5.74) is 23.8. The maximum atomic E-state index is 5.27. The Morgan fingerprint density at radius 1 is 0.773 bits per heavy atom. The predicted molar refractivity (Wildman–Crippen MR) is 89.0 cm³/mol. The van der Waals surface area contributed by atoms with Crippen LogP contribution in [0, 0.1) is 0 Å². The Hall–Kier alpha value is -3.10. The number of benzene rings is 1. The fourth-order valence-corrected chi connectivity index (χ4v) is 1.52. The zero-order valence-electron chi connectivity index (χ0n) is 12.7. The summed E-state index contributed by atoms with van der Waals surface area (Å²) in [6, 6.07) is 5.46. The molecule has 0 amide bonds. The van der Waals surface area contributed by atoms with E-state index in [1.807, 2.05) is 6.07 Å². The predicted octanol–water partition coefficient (Wildman–Crippen LogP) is -0.310. The van der Waals surface area contributed by atoms with E-state index in [2.05, 4.69) is 20.4 Å². The van der Waals surface area contributed by atoms with Gasteiger partial charge < -0.3 is 27.7 Å². The molecule has 9 nitrogen and oxygen atoms in total. The molecule has 0 saturated heterocycles. The van der Waals surface area contributed by atoms with Crippen molar-refractivity contribution >= 4 is 23.3 Å². The number of nitrogens with two attached hydrogens (primary N) is 4. The minimum atomic E-state index is -0.118. The van der Waals surface area contributed by atoms with Crippen molar-refractivity contribution in [1.82, 2.24) is 0 Å². The fourth-order valence-electron chi connectivity index (χ4n) is 1.52. The maximum absolute atomic E-state index is 5.27. The van der Waals surface area contributed by atoms with Crippen molar-refractivity contribution in [3.05, 3.63) is 29.3 Å². The van der Waals surface area contributed by atoms with Gasteiger partial charge in [0.2, 0.25) is 11.9 Å². The van der Waals surface area contributed by atoms with E-state index in [0.717, 1.165) is 11.1 Å². The highest BCUT2D eigenvalue weighted by Crippen LogP contribution is 2.19. The monoisotopic (exact) mass is 304 g/mol. The van der Waals surface area contributed by atoms with E-state index in [1.165, 1.54) is 0 Å². The second-order valence-corrected chi connectivity index (χ2v) is 4.37. The van der Waals surface area contributed by atoms with Crippen LogP contribution in [0.15, 0.2) is 38.6 Å². The van der Waals surface area contributed by atoms with E-state index in [9.17, 15) is 0 Å². The Morgan fingerprint density at radius 2 is 1.18 bits per heavy atom. The van der Waals surface area contributed by atoms with E-state index >= 15 is 0 Å². The third kappa shape index (κ3) is 5.12. The van der Waals surface area contributed by atoms with Crippen molar-refractivity contribution < 1.29 is 4.74 Å². The molecule has 0 aromatic heterocycles. The first kappa shape index (κ1) is 17.0. The van der Waals surface area contributed by atoms with Gasteiger partial charge in [0.1, 0.15) is 5.75 Å². The van der Waals surface area contributed by atoms with Crippen molar-refractivity contribution in [1.29, 1.82) is 0 Å². The van der Waals surface area contributed by atoms with Crippen LogP contribution in [-0.2, 0) is 0 Å². The normalized spacial score (nSPS) is 11.8. The largest absolute Gasteiger partial charge is 0.497 e. The third-order valence-electron chi connectivity index (χ3n) is 2.61. The van der Waals surface area contributed by atoms with Gasteiger partial charge in [0.05, 0.1) is 18.5 Å². The van der Waals surface area contributed by atoms with Gasteiger partial charge in [0.15, 0.2) is 0 Å². The van der Waals surface area contributed by atoms with Gasteiger partial charge in [-0.05, 0) is 32.0 Å². The van der Waals surface area contributed by atoms with Gasteiger partial charge in [-0.1, -0.05) is 0 Å². The summed E-state index contributed by atoms with van der Waals surface area (Å²) in [5, 5.41) is 15.1. The smallest absolute Gasteiger partial charge is 0.211 e. The van der Waals surface area contributed by atoms with Crippen LogP contribution in [0.1, 0.15) is 25.0 Å². The van der Waals surface area contributed by atoms with Gasteiger partial charge in [-0.2, -0.15) is 10.2 Å². The van der Waals surface area contributed by atoms with Gasteiger partial charge in [-0.3, -0.25) is 0 Å². The van der Waals surface area contributed by atoms with E-state index < -0.39 is 0 Å². The van der Waals surface area contributed by atoms with E-state index in [0.29, 0.717) is 17.2 Å². The lowest BCUT2D eigenvalue weighted by Gasteiger charge is -2.08. The number of nitrogens with zero attached hydrogens (tertiary/aromatic N) is 4. The Bertz CT molecular complexity index is 600. The number of rotatable bonds is 5. The fraction of sp³-hybridized carbons (Fsp3) is 0.231. The van der Waals surface area contributed by atoms with Crippen molar-refractivity contribution in [2.75, 3.05) is 7.11 Å². The molecule has 0 spiro atoms. The third-order valence-corrected chi connectivity index (χ3v) is 2.61. The highest BCUT2D eigenvalue weighted by molar-refractivity contribution is 6.04. The summed E-state index contributed by atoms with van der Waals surface area (Å²) in [7, 11) is 1.56. The van der Waals surface area contributed by atoms with Crippen LogP contribution in [-0.4, -0.2) is 30.5 Å². The van der Waals surface area contributed by atoms with Crippen molar-refractivity contribution in [2.45, 2.75) is 13.8 Å². The number of methoxy groups -OCH3 is 1. The summed E-state index contributed by atoms with van der Waals surface area (Å²) in [4.78, 5) is 0. The lowest BCUT2D eigenvalue weighted by atomic mass is 10.0. The van der Waals surface area contributed by atoms with E-state index in [4.69, 9.17) is 27.7 Å². The molecule has 1 aromatic carbocycles. The molecule has 0 unspecified atom stereocenters. The Kier molecular flexibility index (Phi) is 5.87. The summed E-state index contributed by atoms with van der Waals surface area (Å²) in [6.07, 6.45) is 0. The zero-order chi connectivity index (χ0) is 16.7. The molecule has 1 rings (SSSR count). The van der Waals surface area contributed by atoms with E-state index in [-0.39, 0.29) is 11.9 Å². The Balaban J connectivity index is 3.30. The highest BCUT2D eigenvalue weighted by Gasteiger charge is 2.07. The molecular weight excluding hydrogens is 284 g/mol. The molecule has 0 aliphatic carbocycles. The minimum Gasteiger partial charge on any atom is -0.497 e. The van der Waals surface area contributed by atoms with Gasteiger partial charge in [0, 0.05) is 11.1 Å². The summed E-state index contributed by atoms with van der Waals surface area (Å²) < 4.78 is 5.27. The average Bonchev–Trinajstić information content (AvgIpc) is 2.49. The van der Waals surface area contributed by atoms with E-state index in [1.54, 1.807) is 33.1 Å². The Labute approximate surface area is 128 Å². The van der Waals surface area contributed by atoms with Crippen LogP contribution in [0.4, 0.5) is 0 Å². The first-order valence-corrected chi connectivity index (χ1v) is 6.29. The quantitative estimate of drug-likeness (QED) is 0.332. The first-order chi connectivity index (χ1) is 10.3. The molecule has 22 heavy (non-hydrogen) atoms. The number of hydrogen-bond acceptors (Lipinski definition) is 5. The molecule has 8 N–H and O–H groups in total. The van der Waals surface area contributed by atoms with Crippen LogP contribution >= 0.6 is 0 Å².